The third-order valence-corrected chi connectivity index (χ3v) is 8.22. The fourth-order valence-electron chi connectivity index (χ4n) is 6.19. The summed E-state index contributed by atoms with van der Waals surface area (Å²) in [6.45, 7) is 9.30. The largest absolute Gasteiger partial charge is 0.347 e. The Balaban J connectivity index is 2.07. The first kappa shape index (κ1) is 26.1. The van der Waals surface area contributed by atoms with Crippen LogP contribution in [0.15, 0.2) is 24.3 Å². The van der Waals surface area contributed by atoms with E-state index in [1.807, 2.05) is 0 Å². The van der Waals surface area contributed by atoms with Gasteiger partial charge < -0.3 is 4.57 Å². The van der Waals surface area contributed by atoms with Crippen molar-refractivity contribution in [1.29, 1.82) is 0 Å². The summed E-state index contributed by atoms with van der Waals surface area (Å²) in [7, 11) is 2.34. The number of hydrogen-bond donors (Lipinski definition) is 0. The minimum Gasteiger partial charge on any atom is -0.347 e. The first-order valence-electron chi connectivity index (χ1n) is 14.5. The molecule has 3 rings (SSSR count). The highest BCUT2D eigenvalue weighted by Gasteiger charge is 2.44. The lowest BCUT2D eigenvalue weighted by Gasteiger charge is -2.32. The maximum atomic E-state index is 2.64. The Kier molecular flexibility index (Phi) is 10.1. The van der Waals surface area contributed by atoms with Crippen LogP contribution in [0.5, 0.6) is 0 Å². The van der Waals surface area contributed by atoms with Gasteiger partial charge in [0.15, 0.2) is 0 Å². The van der Waals surface area contributed by atoms with E-state index < -0.39 is 0 Å². The molecule has 2 aromatic rings. The third-order valence-electron chi connectivity index (χ3n) is 8.22. The highest BCUT2D eigenvalue weighted by Crippen LogP contribution is 2.55. The van der Waals surface area contributed by atoms with Crippen LogP contribution in [0, 0.1) is 0 Å². The van der Waals surface area contributed by atoms with Gasteiger partial charge in [-0.3, -0.25) is 0 Å². The molecular weight excluding hydrogens is 398 g/mol. The second kappa shape index (κ2) is 12.8. The summed E-state index contributed by atoms with van der Waals surface area (Å²) in [5.74, 6) is 0. The van der Waals surface area contributed by atoms with Crippen molar-refractivity contribution >= 4 is 0 Å². The second-order valence-electron chi connectivity index (χ2n) is 10.7. The Bertz CT molecular complexity index is 844. The van der Waals surface area contributed by atoms with Crippen molar-refractivity contribution in [3.05, 3.63) is 46.6 Å². The summed E-state index contributed by atoms with van der Waals surface area (Å²) in [5, 5.41) is 0. The van der Waals surface area contributed by atoms with Gasteiger partial charge in [0.2, 0.25) is 0 Å². The van der Waals surface area contributed by atoms with E-state index in [9.17, 15) is 0 Å². The van der Waals surface area contributed by atoms with Gasteiger partial charge in [0.1, 0.15) is 0 Å². The van der Waals surface area contributed by atoms with Gasteiger partial charge >= 0.3 is 0 Å². The van der Waals surface area contributed by atoms with Crippen LogP contribution in [0.2, 0.25) is 0 Å². The monoisotopic (exact) mass is 449 g/mol. The van der Waals surface area contributed by atoms with E-state index in [4.69, 9.17) is 0 Å². The summed E-state index contributed by atoms with van der Waals surface area (Å²) < 4.78 is 2.56. The fraction of sp³-hybridized carbons (Fsp3) is 0.688. The van der Waals surface area contributed by atoms with E-state index >= 15 is 0 Å². The zero-order valence-corrected chi connectivity index (χ0v) is 22.6. The molecule has 0 bridgehead atoms. The average Bonchev–Trinajstić information content (AvgIpc) is 3.29. The number of nitrogens with zero attached hydrogens (tertiary/aromatic N) is 1. The van der Waals surface area contributed by atoms with E-state index in [0.29, 0.717) is 0 Å². The Morgan fingerprint density at radius 2 is 1.24 bits per heavy atom. The van der Waals surface area contributed by atoms with E-state index in [0.717, 1.165) is 0 Å². The molecule has 1 aliphatic carbocycles. The molecule has 1 aromatic heterocycles. The number of fused-ring (bicyclic) bond motifs is 3. The molecule has 1 heteroatoms. The molecule has 1 nitrogen and oxygen atoms in total. The zero-order valence-electron chi connectivity index (χ0n) is 22.6. The minimum absolute atomic E-state index is 0.233. The van der Waals surface area contributed by atoms with Crippen molar-refractivity contribution in [2.45, 2.75) is 136 Å². The smallest absolute Gasteiger partial charge is 0.0524 e. The normalized spacial score (nSPS) is 14.0. The molecule has 0 saturated heterocycles. The number of benzene rings is 1. The molecule has 0 amide bonds. The molecular formula is C32H51N. The molecule has 0 radical (unpaired) electrons. The molecule has 0 fully saturated rings. The summed E-state index contributed by atoms with van der Waals surface area (Å²) in [6.07, 6.45) is 21.1. The minimum atomic E-state index is 0.233. The molecule has 0 spiro atoms. The van der Waals surface area contributed by atoms with Crippen LogP contribution in [0.3, 0.4) is 0 Å². The molecule has 33 heavy (non-hydrogen) atoms. The highest BCUT2D eigenvalue weighted by molar-refractivity contribution is 5.80. The molecule has 0 saturated carbocycles. The van der Waals surface area contributed by atoms with E-state index in [-0.39, 0.29) is 5.41 Å². The molecule has 0 unspecified atom stereocenters. The average molecular weight is 450 g/mol. The lowest BCUT2D eigenvalue weighted by molar-refractivity contribution is 0.401. The molecule has 184 valence electrons. The van der Waals surface area contributed by atoms with Crippen molar-refractivity contribution in [3.63, 3.8) is 0 Å². The topological polar surface area (TPSA) is 4.93 Å². The fourth-order valence-corrected chi connectivity index (χ4v) is 6.19. The third kappa shape index (κ3) is 5.77. The van der Waals surface area contributed by atoms with Crippen molar-refractivity contribution in [2.24, 2.45) is 7.05 Å². The number of aryl methyl sites for hydroxylation is 2. The molecule has 0 N–H and O–H groups in total. The second-order valence-corrected chi connectivity index (χ2v) is 10.7. The van der Waals surface area contributed by atoms with Crippen LogP contribution in [0.25, 0.3) is 11.3 Å². The van der Waals surface area contributed by atoms with Gasteiger partial charge in [-0.15, -0.1) is 0 Å². The van der Waals surface area contributed by atoms with Gasteiger partial charge in [0.25, 0.3) is 0 Å². The van der Waals surface area contributed by atoms with Gasteiger partial charge in [-0.05, 0) is 61.3 Å². The van der Waals surface area contributed by atoms with Crippen LogP contribution < -0.4 is 0 Å². The number of rotatable bonds is 16. The van der Waals surface area contributed by atoms with E-state index in [2.05, 4.69) is 63.6 Å². The van der Waals surface area contributed by atoms with Gasteiger partial charge in [0.05, 0.1) is 5.69 Å². The summed E-state index contributed by atoms with van der Waals surface area (Å²) in [6, 6.07) is 10.2. The van der Waals surface area contributed by atoms with E-state index in [1.165, 1.54) is 103 Å². The van der Waals surface area contributed by atoms with Crippen LogP contribution in [-0.4, -0.2) is 4.57 Å². The molecule has 0 aliphatic heterocycles. The number of aromatic nitrogens is 1. The van der Waals surface area contributed by atoms with Crippen molar-refractivity contribution in [2.75, 3.05) is 0 Å². The maximum Gasteiger partial charge on any atom is 0.0524 e. The van der Waals surface area contributed by atoms with Gasteiger partial charge in [-0.1, -0.05) is 110 Å². The van der Waals surface area contributed by atoms with Gasteiger partial charge in [-0.25, -0.2) is 0 Å². The Labute approximate surface area is 205 Å². The van der Waals surface area contributed by atoms with Crippen molar-refractivity contribution < 1.29 is 0 Å². The summed E-state index contributed by atoms with van der Waals surface area (Å²) >= 11 is 0. The van der Waals surface area contributed by atoms with Gasteiger partial charge in [0, 0.05) is 23.7 Å². The van der Waals surface area contributed by atoms with Crippen molar-refractivity contribution in [1.82, 2.24) is 4.57 Å². The number of hydrogen-bond acceptors (Lipinski definition) is 0. The predicted octanol–water partition coefficient (Wildman–Crippen LogP) is 9.92. The Hall–Kier alpha value is -1.50. The Morgan fingerprint density at radius 3 is 1.85 bits per heavy atom. The zero-order chi connectivity index (χ0) is 23.7. The SMILES string of the molecule is CCCCCCC1(CCCCCC)c2cc(CCCC)ccc2-c2c1cc(CCCC)n2C. The lowest BCUT2D eigenvalue weighted by atomic mass is 9.70. The van der Waals surface area contributed by atoms with Crippen LogP contribution >= 0.6 is 0 Å². The highest BCUT2D eigenvalue weighted by atomic mass is 15.0. The lowest BCUT2D eigenvalue weighted by Crippen LogP contribution is -2.25. The molecule has 0 atom stereocenters. The maximum absolute atomic E-state index is 2.64. The van der Waals surface area contributed by atoms with E-state index in [1.54, 1.807) is 33.6 Å². The predicted molar refractivity (Wildman–Crippen MR) is 146 cm³/mol. The first-order valence-corrected chi connectivity index (χ1v) is 14.5. The molecule has 1 heterocycles. The Morgan fingerprint density at radius 1 is 0.636 bits per heavy atom. The summed E-state index contributed by atoms with van der Waals surface area (Å²) in [5.41, 5.74) is 9.77. The standard InChI is InChI=1S/C32H51N/c1-6-10-14-16-22-32(23-17-15-11-7-2)29-24-26(18-12-8-3)20-21-28(29)31-30(32)25-27(33(31)5)19-13-9-4/h20-21,24-25H,6-19,22-23H2,1-5H3. The van der Waals surface area contributed by atoms with Crippen LogP contribution in [-0.2, 0) is 25.3 Å². The van der Waals surface area contributed by atoms with Crippen LogP contribution in [0.1, 0.15) is 140 Å². The quantitative estimate of drug-likeness (QED) is 0.225. The number of unbranched alkanes of at least 4 members (excludes halogenated alkanes) is 8. The molecule has 1 aliphatic rings. The summed E-state index contributed by atoms with van der Waals surface area (Å²) in [4.78, 5) is 0. The first-order chi connectivity index (χ1) is 16.1. The van der Waals surface area contributed by atoms with Crippen molar-refractivity contribution in [3.8, 4) is 11.3 Å². The molecule has 1 aromatic carbocycles. The van der Waals surface area contributed by atoms with Crippen LogP contribution in [0.4, 0.5) is 0 Å². The van der Waals surface area contributed by atoms with Gasteiger partial charge in [-0.2, -0.15) is 0 Å².